The molecule has 0 bridgehead atoms. The van der Waals surface area contributed by atoms with Crippen LogP contribution in [0.3, 0.4) is 0 Å². The van der Waals surface area contributed by atoms with Gasteiger partial charge in [0.25, 0.3) is 0 Å². The van der Waals surface area contributed by atoms with Gasteiger partial charge in [0.05, 0.1) is 24.0 Å². The maximum Gasteiger partial charge on any atom is 0.366 e. The average molecular weight is 365 g/mol. The van der Waals surface area contributed by atoms with E-state index in [0.717, 1.165) is 7.11 Å². The predicted molar refractivity (Wildman–Crippen MR) is 91.7 cm³/mol. The number of methoxy groups -OCH3 is 1. The fourth-order valence-corrected chi connectivity index (χ4v) is 3.42. The molecule has 2 aromatic carbocycles. The largest absolute Gasteiger partial charge is 0.465 e. The molecule has 0 saturated heterocycles. The summed E-state index contributed by atoms with van der Waals surface area (Å²) in [5.41, 5.74) is -2.23. The van der Waals surface area contributed by atoms with Crippen molar-refractivity contribution < 1.29 is 23.1 Å². The second-order valence-electron chi connectivity index (χ2n) is 6.05. The molecule has 0 saturated carbocycles. The number of rotatable bonds is 2. The minimum atomic E-state index is -2.13. The van der Waals surface area contributed by atoms with E-state index >= 15 is 0 Å². The lowest BCUT2D eigenvalue weighted by Crippen LogP contribution is -2.46. The molecule has 0 amide bonds. The monoisotopic (exact) mass is 365 g/mol. The van der Waals surface area contributed by atoms with Crippen LogP contribution >= 0.6 is 0 Å². The van der Waals surface area contributed by atoms with Gasteiger partial charge in [0.15, 0.2) is 0 Å². The van der Waals surface area contributed by atoms with Crippen molar-refractivity contribution in [3.05, 3.63) is 75.9 Å². The highest BCUT2D eigenvalue weighted by Crippen LogP contribution is 2.49. The number of nitriles is 1. The summed E-state index contributed by atoms with van der Waals surface area (Å²) in [5, 5.41) is 10.3. The molecule has 1 aliphatic rings. The molecule has 2 heterocycles. The molecule has 0 fully saturated rings. The smallest absolute Gasteiger partial charge is 0.366 e. The SMILES string of the molecule is COC(=O)C1(C#N)Oc2c(c(=O)oc3ccccc23)C1c1ccc(F)cc1. The Kier molecular flexibility index (Phi) is 3.70. The van der Waals surface area contributed by atoms with Crippen molar-refractivity contribution in [2.75, 3.05) is 7.11 Å². The second-order valence-corrected chi connectivity index (χ2v) is 6.05. The minimum absolute atomic E-state index is 0.0206. The molecule has 1 aromatic heterocycles. The lowest BCUT2D eigenvalue weighted by molar-refractivity contribution is -0.153. The van der Waals surface area contributed by atoms with Crippen LogP contribution in [-0.4, -0.2) is 18.7 Å². The summed E-state index contributed by atoms with van der Waals surface area (Å²) in [7, 11) is 1.12. The van der Waals surface area contributed by atoms with Crippen molar-refractivity contribution in [3.8, 4) is 11.8 Å². The first-order valence-electron chi connectivity index (χ1n) is 8.01. The summed E-state index contributed by atoms with van der Waals surface area (Å²) < 4.78 is 29.3. The molecule has 6 nitrogen and oxygen atoms in total. The van der Waals surface area contributed by atoms with Crippen LogP contribution in [0.15, 0.2) is 57.7 Å². The minimum Gasteiger partial charge on any atom is -0.465 e. The molecule has 134 valence electrons. The Morgan fingerprint density at radius 1 is 1.22 bits per heavy atom. The third-order valence-corrected chi connectivity index (χ3v) is 4.62. The van der Waals surface area contributed by atoms with Gasteiger partial charge < -0.3 is 13.9 Å². The van der Waals surface area contributed by atoms with Crippen LogP contribution in [0.25, 0.3) is 11.0 Å². The van der Waals surface area contributed by atoms with E-state index in [9.17, 15) is 19.2 Å². The van der Waals surface area contributed by atoms with Crippen LogP contribution in [-0.2, 0) is 9.53 Å². The number of carbonyl (C=O) groups is 1. The predicted octanol–water partition coefficient (Wildman–Crippen LogP) is 2.89. The number of carbonyl (C=O) groups excluding carboxylic acids is 1. The Morgan fingerprint density at radius 2 is 1.93 bits per heavy atom. The van der Waals surface area contributed by atoms with E-state index in [1.807, 2.05) is 6.07 Å². The average Bonchev–Trinajstić information content (AvgIpc) is 3.05. The van der Waals surface area contributed by atoms with Crippen LogP contribution in [0.4, 0.5) is 4.39 Å². The molecular weight excluding hydrogens is 353 g/mol. The lowest BCUT2D eigenvalue weighted by atomic mass is 9.80. The maximum atomic E-state index is 13.4. The van der Waals surface area contributed by atoms with Crippen molar-refractivity contribution >= 4 is 16.9 Å². The van der Waals surface area contributed by atoms with Crippen LogP contribution in [0, 0.1) is 17.1 Å². The Morgan fingerprint density at radius 3 is 2.59 bits per heavy atom. The third-order valence-electron chi connectivity index (χ3n) is 4.62. The maximum absolute atomic E-state index is 13.4. The van der Waals surface area contributed by atoms with Crippen molar-refractivity contribution in [2.45, 2.75) is 11.5 Å². The number of benzene rings is 2. The van der Waals surface area contributed by atoms with Gasteiger partial charge in [-0.2, -0.15) is 5.26 Å². The first-order chi connectivity index (χ1) is 13.0. The highest BCUT2D eigenvalue weighted by molar-refractivity contribution is 5.92. The highest BCUT2D eigenvalue weighted by atomic mass is 19.1. The number of fused-ring (bicyclic) bond motifs is 3. The van der Waals surface area contributed by atoms with Gasteiger partial charge in [0.2, 0.25) is 0 Å². The first-order valence-corrected chi connectivity index (χ1v) is 8.01. The van der Waals surface area contributed by atoms with Gasteiger partial charge in [0.1, 0.15) is 23.2 Å². The molecule has 0 radical (unpaired) electrons. The third kappa shape index (κ3) is 2.30. The van der Waals surface area contributed by atoms with Crippen LogP contribution in [0.2, 0.25) is 0 Å². The van der Waals surface area contributed by atoms with E-state index < -0.39 is 28.9 Å². The number of hydrogen-bond acceptors (Lipinski definition) is 6. The number of esters is 1. The molecule has 0 aliphatic carbocycles. The molecule has 4 rings (SSSR count). The number of hydrogen-bond donors (Lipinski definition) is 0. The molecule has 0 spiro atoms. The van der Waals surface area contributed by atoms with Crippen molar-refractivity contribution in [1.82, 2.24) is 0 Å². The lowest BCUT2D eigenvalue weighted by Gasteiger charge is -2.24. The Hall–Kier alpha value is -3.66. The Balaban J connectivity index is 2.08. The number of halogens is 1. The molecule has 0 N–H and O–H groups in total. The van der Waals surface area contributed by atoms with Gasteiger partial charge in [-0.1, -0.05) is 24.3 Å². The second kappa shape index (κ2) is 5.95. The van der Waals surface area contributed by atoms with Gasteiger partial charge in [-0.05, 0) is 29.8 Å². The summed E-state index contributed by atoms with van der Waals surface area (Å²) in [6, 6.07) is 13.6. The standard InChI is InChI=1S/C20H12FNO5/c1-25-19(24)20(10-22)16(11-6-8-12(21)9-7-11)15-17(27-20)13-4-2-3-5-14(13)26-18(15)23/h2-9,16H,1H3. The van der Waals surface area contributed by atoms with Crippen LogP contribution < -0.4 is 10.4 Å². The normalized spacial score (nSPS) is 20.6. The summed E-state index contributed by atoms with van der Waals surface area (Å²) in [4.78, 5) is 25.3. The molecule has 2 unspecified atom stereocenters. The first kappa shape index (κ1) is 16.8. The van der Waals surface area contributed by atoms with Gasteiger partial charge in [-0.3, -0.25) is 0 Å². The fraction of sp³-hybridized carbons (Fsp3) is 0.150. The van der Waals surface area contributed by atoms with E-state index in [1.165, 1.54) is 24.3 Å². The summed E-state index contributed by atoms with van der Waals surface area (Å²) >= 11 is 0. The van der Waals surface area contributed by atoms with Crippen molar-refractivity contribution in [2.24, 2.45) is 0 Å². The molecule has 1 aliphatic heterocycles. The topological polar surface area (TPSA) is 89.5 Å². The van der Waals surface area contributed by atoms with Gasteiger partial charge in [-0.15, -0.1) is 0 Å². The molecular formula is C20H12FNO5. The quantitative estimate of drug-likeness (QED) is 0.512. The van der Waals surface area contributed by atoms with Gasteiger partial charge in [0, 0.05) is 0 Å². The van der Waals surface area contributed by atoms with E-state index in [0.29, 0.717) is 10.9 Å². The Labute approximate surface area is 152 Å². The van der Waals surface area contributed by atoms with Crippen molar-refractivity contribution in [1.29, 1.82) is 5.26 Å². The Bertz CT molecular complexity index is 1160. The van der Waals surface area contributed by atoms with Crippen LogP contribution in [0.5, 0.6) is 5.75 Å². The molecule has 7 heteroatoms. The molecule has 2 atom stereocenters. The number of ether oxygens (including phenoxy) is 2. The summed E-state index contributed by atoms with van der Waals surface area (Å²) in [6.45, 7) is 0. The van der Waals surface area contributed by atoms with Gasteiger partial charge in [-0.25, -0.2) is 14.0 Å². The highest BCUT2D eigenvalue weighted by Gasteiger charge is 2.59. The molecule has 3 aromatic rings. The van der Waals surface area contributed by atoms with E-state index in [-0.39, 0.29) is 16.9 Å². The zero-order valence-electron chi connectivity index (χ0n) is 14.1. The number of nitrogens with zero attached hydrogens (tertiary/aromatic N) is 1. The van der Waals surface area contributed by atoms with Crippen LogP contribution in [0.1, 0.15) is 17.0 Å². The number of para-hydroxylation sites is 1. The fourth-order valence-electron chi connectivity index (χ4n) is 3.42. The van der Waals surface area contributed by atoms with E-state index in [2.05, 4.69) is 0 Å². The zero-order chi connectivity index (χ0) is 19.2. The molecule has 27 heavy (non-hydrogen) atoms. The summed E-state index contributed by atoms with van der Waals surface area (Å²) in [5.74, 6) is -2.50. The van der Waals surface area contributed by atoms with Crippen molar-refractivity contribution in [3.63, 3.8) is 0 Å². The zero-order valence-corrected chi connectivity index (χ0v) is 14.1. The van der Waals surface area contributed by atoms with E-state index in [4.69, 9.17) is 13.9 Å². The van der Waals surface area contributed by atoms with E-state index in [1.54, 1.807) is 24.3 Å². The van der Waals surface area contributed by atoms with Gasteiger partial charge >= 0.3 is 17.2 Å². The summed E-state index contributed by atoms with van der Waals surface area (Å²) in [6.07, 6.45) is 0.